The predicted octanol–water partition coefficient (Wildman–Crippen LogP) is 6.70. The van der Waals surface area contributed by atoms with Gasteiger partial charge in [-0.05, 0) is 29.7 Å². The summed E-state index contributed by atoms with van der Waals surface area (Å²) in [5.41, 5.74) is 1.35. The van der Waals surface area contributed by atoms with Crippen LogP contribution in [0.2, 0.25) is 0 Å². The van der Waals surface area contributed by atoms with E-state index < -0.39 is 11.7 Å². The van der Waals surface area contributed by atoms with Crippen molar-refractivity contribution in [3.8, 4) is 0 Å². The summed E-state index contributed by atoms with van der Waals surface area (Å²) in [5, 5.41) is 6.00. The van der Waals surface area contributed by atoms with E-state index in [1.54, 1.807) is 18.5 Å². The number of hydrogen-bond acceptors (Lipinski definition) is 3. The quantitative estimate of drug-likeness (QED) is 0.342. The van der Waals surface area contributed by atoms with Gasteiger partial charge in [0, 0.05) is 28.6 Å². The predicted molar refractivity (Wildman–Crippen MR) is 109 cm³/mol. The molecule has 5 rings (SSSR count). The Bertz CT molecular complexity index is 1370. The minimum Gasteiger partial charge on any atom is -0.352 e. The summed E-state index contributed by atoms with van der Waals surface area (Å²) in [6.45, 7) is 0. The number of benzene rings is 3. The van der Waals surface area contributed by atoms with Crippen LogP contribution in [-0.4, -0.2) is 9.97 Å². The molecule has 0 unspecified atom stereocenters. The molecular formula is C23H14F3N3. The maximum Gasteiger partial charge on any atom is 0.416 e. The van der Waals surface area contributed by atoms with E-state index in [0.717, 1.165) is 28.3 Å². The number of rotatable bonds is 2. The molecule has 2 heterocycles. The van der Waals surface area contributed by atoms with Crippen LogP contribution in [0.5, 0.6) is 0 Å². The Morgan fingerprint density at radius 3 is 2.34 bits per heavy atom. The molecule has 0 aliphatic heterocycles. The third kappa shape index (κ3) is 3.02. The third-order valence-corrected chi connectivity index (χ3v) is 4.92. The fraction of sp³-hybridized carbons (Fsp3) is 0.0435. The lowest BCUT2D eigenvalue weighted by Gasteiger charge is -2.16. The highest BCUT2D eigenvalue weighted by Gasteiger charge is 2.32. The standard InChI is InChI=1S/C23H14F3N3/c24-23(25,26)16-11-18-17-8-2-1-5-15(17)13-28-22(18)20(12-16)29-19-9-3-6-14-7-4-10-27-21(14)19/h1-13,29H. The molecule has 0 saturated heterocycles. The first-order chi connectivity index (χ1) is 14.0. The lowest BCUT2D eigenvalue weighted by molar-refractivity contribution is -0.137. The number of fused-ring (bicyclic) bond motifs is 4. The fourth-order valence-corrected chi connectivity index (χ4v) is 3.58. The van der Waals surface area contributed by atoms with Crippen LogP contribution in [-0.2, 0) is 6.18 Å². The number of pyridine rings is 2. The highest BCUT2D eigenvalue weighted by atomic mass is 19.4. The molecule has 29 heavy (non-hydrogen) atoms. The van der Waals surface area contributed by atoms with E-state index in [1.165, 1.54) is 0 Å². The number of anilines is 2. The molecule has 3 nitrogen and oxygen atoms in total. The van der Waals surface area contributed by atoms with E-state index >= 15 is 0 Å². The Kier molecular flexibility index (Phi) is 3.87. The fourth-order valence-electron chi connectivity index (χ4n) is 3.58. The molecule has 0 aliphatic rings. The molecule has 0 radical (unpaired) electrons. The molecule has 0 aliphatic carbocycles. The van der Waals surface area contributed by atoms with E-state index in [-0.39, 0.29) is 0 Å². The lowest BCUT2D eigenvalue weighted by atomic mass is 10.0. The second-order valence-corrected chi connectivity index (χ2v) is 6.77. The molecule has 6 heteroatoms. The molecule has 0 bridgehead atoms. The number of halogens is 3. The number of nitrogens with one attached hydrogen (secondary N) is 1. The summed E-state index contributed by atoms with van der Waals surface area (Å²) in [6.07, 6.45) is -1.14. The van der Waals surface area contributed by atoms with Crippen LogP contribution in [0.1, 0.15) is 5.56 Å². The van der Waals surface area contributed by atoms with Gasteiger partial charge in [-0.25, -0.2) is 0 Å². The lowest BCUT2D eigenvalue weighted by Crippen LogP contribution is -2.06. The van der Waals surface area contributed by atoms with Crippen molar-refractivity contribution in [2.24, 2.45) is 0 Å². The maximum atomic E-state index is 13.6. The average Bonchev–Trinajstić information content (AvgIpc) is 2.73. The van der Waals surface area contributed by atoms with Gasteiger partial charge in [-0.1, -0.05) is 42.5 Å². The summed E-state index contributed by atoms with van der Waals surface area (Å²) in [7, 11) is 0. The molecule has 0 atom stereocenters. The highest BCUT2D eigenvalue weighted by molar-refractivity contribution is 6.10. The van der Waals surface area contributed by atoms with Crippen molar-refractivity contribution >= 4 is 44.0 Å². The molecule has 0 spiro atoms. The summed E-state index contributed by atoms with van der Waals surface area (Å²) >= 11 is 0. The van der Waals surface area contributed by atoms with Crippen LogP contribution >= 0.6 is 0 Å². The monoisotopic (exact) mass is 389 g/mol. The summed E-state index contributed by atoms with van der Waals surface area (Å²) in [6, 6.07) is 18.8. The Morgan fingerprint density at radius 2 is 1.48 bits per heavy atom. The van der Waals surface area contributed by atoms with Gasteiger partial charge in [-0.2, -0.15) is 13.2 Å². The molecular weight excluding hydrogens is 375 g/mol. The zero-order valence-electron chi connectivity index (χ0n) is 15.0. The number of nitrogens with zero attached hydrogens (tertiary/aromatic N) is 2. The van der Waals surface area contributed by atoms with Gasteiger partial charge < -0.3 is 5.32 Å². The van der Waals surface area contributed by atoms with Crippen molar-refractivity contribution in [1.29, 1.82) is 0 Å². The van der Waals surface area contributed by atoms with E-state index in [0.29, 0.717) is 27.8 Å². The van der Waals surface area contributed by atoms with Crippen molar-refractivity contribution in [2.75, 3.05) is 5.32 Å². The molecule has 3 aromatic carbocycles. The first-order valence-electron chi connectivity index (χ1n) is 9.00. The average molecular weight is 389 g/mol. The molecule has 142 valence electrons. The minimum atomic E-state index is -4.47. The van der Waals surface area contributed by atoms with Gasteiger partial charge in [0.05, 0.1) is 28.0 Å². The van der Waals surface area contributed by atoms with Gasteiger partial charge in [0.2, 0.25) is 0 Å². The van der Waals surface area contributed by atoms with Gasteiger partial charge in [0.15, 0.2) is 0 Å². The SMILES string of the molecule is FC(F)(F)c1cc(Nc2cccc3cccnc23)c2ncc3ccccc3c2c1. The second-order valence-electron chi connectivity index (χ2n) is 6.77. The highest BCUT2D eigenvalue weighted by Crippen LogP contribution is 2.38. The van der Waals surface area contributed by atoms with Gasteiger partial charge in [-0.3, -0.25) is 9.97 Å². The van der Waals surface area contributed by atoms with Gasteiger partial charge in [0.1, 0.15) is 0 Å². The van der Waals surface area contributed by atoms with Crippen molar-refractivity contribution in [3.05, 3.63) is 84.7 Å². The van der Waals surface area contributed by atoms with E-state index in [4.69, 9.17) is 0 Å². The normalized spacial score (nSPS) is 12.0. The Labute approximate surface area is 163 Å². The summed E-state index contributed by atoms with van der Waals surface area (Å²) in [4.78, 5) is 8.83. The molecule has 5 aromatic rings. The molecule has 2 aromatic heterocycles. The number of aromatic nitrogens is 2. The number of alkyl halides is 3. The maximum absolute atomic E-state index is 13.6. The Morgan fingerprint density at radius 1 is 0.690 bits per heavy atom. The van der Waals surface area contributed by atoms with Crippen molar-refractivity contribution in [2.45, 2.75) is 6.18 Å². The number of para-hydroxylation sites is 1. The third-order valence-electron chi connectivity index (χ3n) is 4.92. The van der Waals surface area contributed by atoms with Crippen LogP contribution in [0, 0.1) is 0 Å². The van der Waals surface area contributed by atoms with Gasteiger partial charge in [0.25, 0.3) is 0 Å². The Balaban J connectivity index is 1.79. The first-order valence-corrected chi connectivity index (χ1v) is 9.00. The van der Waals surface area contributed by atoms with E-state index in [2.05, 4.69) is 15.3 Å². The van der Waals surface area contributed by atoms with Crippen molar-refractivity contribution in [3.63, 3.8) is 0 Å². The zero-order chi connectivity index (χ0) is 20.0. The van der Waals surface area contributed by atoms with Crippen LogP contribution in [0.4, 0.5) is 24.5 Å². The molecule has 1 N–H and O–H groups in total. The van der Waals surface area contributed by atoms with E-state index in [1.807, 2.05) is 48.5 Å². The minimum absolute atomic E-state index is 0.290. The second kappa shape index (κ2) is 6.44. The van der Waals surface area contributed by atoms with Crippen molar-refractivity contribution in [1.82, 2.24) is 9.97 Å². The Hall–Kier alpha value is -3.67. The van der Waals surface area contributed by atoms with Crippen molar-refractivity contribution < 1.29 is 13.2 Å². The molecule has 0 saturated carbocycles. The van der Waals surface area contributed by atoms with Crippen LogP contribution in [0.25, 0.3) is 32.6 Å². The summed E-state index contributed by atoms with van der Waals surface area (Å²) < 4.78 is 40.9. The molecule has 0 amide bonds. The van der Waals surface area contributed by atoms with Crippen LogP contribution in [0.15, 0.2) is 79.1 Å². The smallest absolute Gasteiger partial charge is 0.352 e. The number of hydrogen-bond donors (Lipinski definition) is 1. The largest absolute Gasteiger partial charge is 0.416 e. The van der Waals surface area contributed by atoms with Crippen LogP contribution in [0.3, 0.4) is 0 Å². The summed E-state index contributed by atoms with van der Waals surface area (Å²) in [5.74, 6) is 0. The van der Waals surface area contributed by atoms with Gasteiger partial charge >= 0.3 is 6.18 Å². The topological polar surface area (TPSA) is 37.8 Å². The van der Waals surface area contributed by atoms with Gasteiger partial charge in [-0.15, -0.1) is 0 Å². The first kappa shape index (κ1) is 17.4. The van der Waals surface area contributed by atoms with E-state index in [9.17, 15) is 13.2 Å². The van der Waals surface area contributed by atoms with Crippen LogP contribution < -0.4 is 5.32 Å². The zero-order valence-corrected chi connectivity index (χ0v) is 15.0. The molecule has 0 fully saturated rings.